The van der Waals surface area contributed by atoms with E-state index in [0.29, 0.717) is 25.0 Å². The quantitative estimate of drug-likeness (QED) is 0.887. The molecule has 0 aliphatic rings. The third kappa shape index (κ3) is 3.03. The first-order valence-corrected chi connectivity index (χ1v) is 6.34. The molecule has 5 nitrogen and oxygen atoms in total. The first kappa shape index (κ1) is 11.6. The Labute approximate surface area is 105 Å². The summed E-state index contributed by atoms with van der Waals surface area (Å²) in [6.45, 7) is 1.27. The summed E-state index contributed by atoms with van der Waals surface area (Å²) in [7, 11) is 1.83. The topological polar surface area (TPSA) is 63.0 Å². The fourth-order valence-electron chi connectivity index (χ4n) is 1.16. The summed E-state index contributed by atoms with van der Waals surface area (Å²) in [6, 6.07) is 4.52. The van der Waals surface area contributed by atoms with Crippen LogP contribution in [0, 0.1) is 0 Å². The molecule has 0 aromatic carbocycles. The standard InChI is InChI=1S/C9H11BrN4OS/c1-11-5-8-13-14-9(15-8)12-4-6-2-3-7(10)16-6/h2-3,11H,4-5H2,1H3,(H,12,14). The van der Waals surface area contributed by atoms with Crippen LogP contribution in [0.1, 0.15) is 10.8 Å². The number of halogens is 1. The molecule has 2 heterocycles. The molecule has 0 saturated carbocycles. The van der Waals surface area contributed by atoms with Crippen molar-refractivity contribution in [2.75, 3.05) is 12.4 Å². The van der Waals surface area contributed by atoms with Gasteiger partial charge in [-0.2, -0.15) is 0 Å². The van der Waals surface area contributed by atoms with Crippen molar-refractivity contribution in [2.45, 2.75) is 13.1 Å². The van der Waals surface area contributed by atoms with Gasteiger partial charge in [0.2, 0.25) is 5.89 Å². The van der Waals surface area contributed by atoms with E-state index in [-0.39, 0.29) is 0 Å². The molecule has 0 atom stereocenters. The van der Waals surface area contributed by atoms with Crippen molar-refractivity contribution in [3.05, 3.63) is 26.7 Å². The molecule has 0 aliphatic heterocycles. The second-order valence-corrected chi connectivity index (χ2v) is 5.64. The van der Waals surface area contributed by atoms with E-state index in [1.54, 1.807) is 11.3 Å². The summed E-state index contributed by atoms with van der Waals surface area (Å²) in [4.78, 5) is 1.21. The third-order valence-electron chi connectivity index (χ3n) is 1.84. The van der Waals surface area contributed by atoms with Gasteiger partial charge >= 0.3 is 6.01 Å². The molecule has 0 fully saturated rings. The first-order chi connectivity index (χ1) is 7.78. The lowest BCUT2D eigenvalue weighted by Crippen LogP contribution is -2.04. The fraction of sp³-hybridized carbons (Fsp3) is 0.333. The van der Waals surface area contributed by atoms with Crippen molar-refractivity contribution in [2.24, 2.45) is 0 Å². The van der Waals surface area contributed by atoms with Crippen molar-refractivity contribution in [1.29, 1.82) is 0 Å². The summed E-state index contributed by atoms with van der Waals surface area (Å²) < 4.78 is 6.47. The molecule has 0 bridgehead atoms. The normalized spacial score (nSPS) is 10.6. The highest BCUT2D eigenvalue weighted by Crippen LogP contribution is 2.22. The van der Waals surface area contributed by atoms with Crippen molar-refractivity contribution in [3.8, 4) is 0 Å². The zero-order valence-electron chi connectivity index (χ0n) is 8.66. The summed E-state index contributed by atoms with van der Waals surface area (Å²) in [5.41, 5.74) is 0. The van der Waals surface area contributed by atoms with Crippen molar-refractivity contribution in [1.82, 2.24) is 15.5 Å². The SMILES string of the molecule is CNCc1nnc(NCc2ccc(Br)s2)o1. The van der Waals surface area contributed by atoms with Crippen molar-refractivity contribution in [3.63, 3.8) is 0 Å². The maximum Gasteiger partial charge on any atom is 0.315 e. The smallest absolute Gasteiger partial charge is 0.315 e. The number of nitrogens with zero attached hydrogens (tertiary/aromatic N) is 2. The molecule has 2 rings (SSSR count). The highest BCUT2D eigenvalue weighted by Gasteiger charge is 2.05. The van der Waals surface area contributed by atoms with E-state index < -0.39 is 0 Å². The molecule has 0 spiro atoms. The van der Waals surface area contributed by atoms with Crippen LogP contribution < -0.4 is 10.6 Å². The molecule has 86 valence electrons. The van der Waals surface area contributed by atoms with Gasteiger partial charge in [0.1, 0.15) is 0 Å². The lowest BCUT2D eigenvalue weighted by Gasteiger charge is -1.97. The Morgan fingerprint density at radius 3 is 2.94 bits per heavy atom. The Kier molecular flexibility index (Phi) is 3.92. The van der Waals surface area contributed by atoms with E-state index in [0.717, 1.165) is 3.79 Å². The van der Waals surface area contributed by atoms with Crippen LogP contribution in [0.4, 0.5) is 6.01 Å². The van der Waals surface area contributed by atoms with E-state index >= 15 is 0 Å². The van der Waals surface area contributed by atoms with Gasteiger partial charge in [-0.05, 0) is 35.1 Å². The Morgan fingerprint density at radius 2 is 2.25 bits per heavy atom. The van der Waals surface area contributed by atoms with Crippen LogP contribution in [-0.4, -0.2) is 17.2 Å². The van der Waals surface area contributed by atoms with Gasteiger partial charge in [0.25, 0.3) is 0 Å². The zero-order chi connectivity index (χ0) is 11.4. The third-order valence-corrected chi connectivity index (χ3v) is 3.46. The van der Waals surface area contributed by atoms with Crippen LogP contribution in [0.25, 0.3) is 0 Å². The fourth-order valence-corrected chi connectivity index (χ4v) is 2.58. The van der Waals surface area contributed by atoms with E-state index in [2.05, 4.69) is 36.8 Å². The van der Waals surface area contributed by atoms with Crippen LogP contribution in [-0.2, 0) is 13.1 Å². The first-order valence-electron chi connectivity index (χ1n) is 4.73. The number of thiophene rings is 1. The van der Waals surface area contributed by atoms with E-state index in [9.17, 15) is 0 Å². The van der Waals surface area contributed by atoms with E-state index in [1.165, 1.54) is 4.88 Å². The number of aromatic nitrogens is 2. The maximum atomic E-state index is 5.35. The minimum atomic E-state index is 0.453. The van der Waals surface area contributed by atoms with Crippen LogP contribution in [0.3, 0.4) is 0 Å². The van der Waals surface area contributed by atoms with Crippen molar-refractivity contribution >= 4 is 33.3 Å². The predicted molar refractivity (Wildman–Crippen MR) is 66.4 cm³/mol. The molecular weight excluding hydrogens is 292 g/mol. The molecule has 2 N–H and O–H groups in total. The Hall–Kier alpha value is -0.920. The summed E-state index contributed by atoms with van der Waals surface area (Å²) >= 11 is 5.09. The van der Waals surface area contributed by atoms with Gasteiger partial charge in [-0.15, -0.1) is 16.4 Å². The molecule has 0 amide bonds. The summed E-state index contributed by atoms with van der Waals surface area (Å²) in [5.74, 6) is 0.581. The highest BCUT2D eigenvalue weighted by atomic mass is 79.9. The molecule has 0 radical (unpaired) electrons. The van der Waals surface area contributed by atoms with Gasteiger partial charge in [-0.1, -0.05) is 5.10 Å². The molecule has 0 saturated heterocycles. The van der Waals surface area contributed by atoms with Crippen LogP contribution in [0.2, 0.25) is 0 Å². The average Bonchev–Trinajstić information content (AvgIpc) is 2.85. The molecule has 2 aromatic heterocycles. The lowest BCUT2D eigenvalue weighted by atomic mass is 10.5. The minimum Gasteiger partial charge on any atom is -0.407 e. The monoisotopic (exact) mass is 302 g/mol. The second kappa shape index (κ2) is 5.42. The van der Waals surface area contributed by atoms with Gasteiger partial charge < -0.3 is 15.1 Å². The summed E-state index contributed by atoms with van der Waals surface area (Å²) in [5, 5.41) is 13.8. The van der Waals surface area contributed by atoms with Crippen LogP contribution in [0.5, 0.6) is 0 Å². The van der Waals surface area contributed by atoms with E-state index in [1.807, 2.05) is 19.2 Å². The van der Waals surface area contributed by atoms with Crippen LogP contribution >= 0.6 is 27.3 Å². The number of anilines is 1. The van der Waals surface area contributed by atoms with Gasteiger partial charge in [-0.25, -0.2) is 0 Å². The second-order valence-electron chi connectivity index (χ2n) is 3.09. The molecule has 16 heavy (non-hydrogen) atoms. The van der Waals surface area contributed by atoms with Gasteiger partial charge in [0.05, 0.1) is 16.9 Å². The summed E-state index contributed by atoms with van der Waals surface area (Å²) in [6.07, 6.45) is 0. The molecule has 0 unspecified atom stereocenters. The molecule has 7 heteroatoms. The highest BCUT2D eigenvalue weighted by molar-refractivity contribution is 9.11. The molecular formula is C9H11BrN4OS. The number of hydrogen-bond acceptors (Lipinski definition) is 6. The average molecular weight is 303 g/mol. The number of hydrogen-bond donors (Lipinski definition) is 2. The molecule has 0 aliphatic carbocycles. The molecule has 2 aromatic rings. The Balaban J connectivity index is 1.89. The largest absolute Gasteiger partial charge is 0.407 e. The zero-order valence-corrected chi connectivity index (χ0v) is 11.1. The predicted octanol–water partition coefficient (Wildman–Crippen LogP) is 2.23. The van der Waals surface area contributed by atoms with E-state index in [4.69, 9.17) is 4.42 Å². The van der Waals surface area contributed by atoms with Crippen molar-refractivity contribution < 1.29 is 4.42 Å². The number of rotatable bonds is 5. The Bertz CT molecular complexity index is 456. The van der Waals surface area contributed by atoms with Crippen LogP contribution in [0.15, 0.2) is 20.3 Å². The minimum absolute atomic E-state index is 0.453. The van der Waals surface area contributed by atoms with Gasteiger partial charge in [0.15, 0.2) is 0 Å². The number of nitrogens with one attached hydrogen (secondary N) is 2. The van der Waals surface area contributed by atoms with Gasteiger partial charge in [-0.3, -0.25) is 0 Å². The van der Waals surface area contributed by atoms with Gasteiger partial charge in [0, 0.05) is 4.88 Å². The lowest BCUT2D eigenvalue weighted by molar-refractivity contribution is 0.489. The maximum absolute atomic E-state index is 5.35. The Morgan fingerprint density at radius 1 is 1.38 bits per heavy atom.